The molecular weight excluding hydrogens is 441 g/mol. The number of aryl methyl sites for hydroxylation is 1. The fraction of sp³-hybridized carbons (Fsp3) is 0.269. The van der Waals surface area contributed by atoms with Gasteiger partial charge in [-0.1, -0.05) is 18.2 Å². The van der Waals surface area contributed by atoms with E-state index in [1.54, 1.807) is 24.0 Å². The lowest BCUT2D eigenvalue weighted by Gasteiger charge is -2.45. The number of hydrogen-bond donors (Lipinski definition) is 0. The lowest BCUT2D eigenvalue weighted by Crippen LogP contribution is -2.49. The van der Waals surface area contributed by atoms with Crippen LogP contribution in [-0.2, 0) is 13.5 Å². The fourth-order valence-electron chi connectivity index (χ4n) is 5.62. The van der Waals surface area contributed by atoms with Crippen LogP contribution >= 0.6 is 0 Å². The van der Waals surface area contributed by atoms with Crippen LogP contribution in [0.4, 0.5) is 13.2 Å². The minimum absolute atomic E-state index is 0.0648. The second-order valence-corrected chi connectivity index (χ2v) is 8.98. The predicted octanol–water partition coefficient (Wildman–Crippen LogP) is 5.34. The number of halogens is 3. The van der Waals surface area contributed by atoms with E-state index in [2.05, 4.69) is 4.98 Å². The van der Waals surface area contributed by atoms with Crippen molar-refractivity contribution in [3.8, 4) is 11.3 Å². The van der Waals surface area contributed by atoms with E-state index >= 15 is 0 Å². The number of benzene rings is 2. The first-order chi connectivity index (χ1) is 16.4. The molecule has 1 fully saturated rings. The average molecular weight is 462 g/mol. The Kier molecular flexibility index (Phi) is 4.72. The molecule has 0 N–H and O–H groups in total. The van der Waals surface area contributed by atoms with Gasteiger partial charge in [-0.15, -0.1) is 0 Å². The maximum absolute atomic E-state index is 14.0. The fourth-order valence-corrected chi connectivity index (χ4v) is 5.62. The van der Waals surface area contributed by atoms with Crippen LogP contribution in [0.25, 0.3) is 22.2 Å². The Bertz CT molecular complexity index is 1440. The lowest BCUT2D eigenvalue weighted by atomic mass is 9.81. The Balaban J connectivity index is 1.46. The molecule has 8 heteroatoms. The number of amides is 1. The van der Waals surface area contributed by atoms with Crippen LogP contribution in [0, 0.1) is 17.5 Å². The first-order valence-electron chi connectivity index (χ1n) is 11.3. The number of carbonyl (C=O) groups is 1. The monoisotopic (exact) mass is 462 g/mol. The largest absolute Gasteiger partial charge is 0.327 e. The molecule has 2 aliphatic rings. The number of rotatable bonds is 2. The number of para-hydroxylation sites is 1. The molecule has 0 saturated carbocycles. The number of aromatic nitrogens is 3. The van der Waals surface area contributed by atoms with Gasteiger partial charge in [0.05, 0.1) is 28.5 Å². The van der Waals surface area contributed by atoms with Gasteiger partial charge in [0.1, 0.15) is 0 Å². The molecule has 34 heavy (non-hydrogen) atoms. The summed E-state index contributed by atoms with van der Waals surface area (Å²) in [6, 6.07) is 11.0. The summed E-state index contributed by atoms with van der Waals surface area (Å²) in [4.78, 5) is 20.1. The van der Waals surface area contributed by atoms with E-state index in [0.717, 1.165) is 53.6 Å². The van der Waals surface area contributed by atoms with Gasteiger partial charge >= 0.3 is 0 Å². The number of nitrogens with zero attached hydrogens (tertiary/aromatic N) is 4. The number of hydrogen-bond acceptors (Lipinski definition) is 3. The van der Waals surface area contributed by atoms with Crippen LogP contribution in [0.5, 0.6) is 0 Å². The third kappa shape index (κ3) is 3.04. The zero-order valence-electron chi connectivity index (χ0n) is 18.4. The minimum Gasteiger partial charge on any atom is -0.327 e. The van der Waals surface area contributed by atoms with Gasteiger partial charge in [-0.3, -0.25) is 14.5 Å². The Morgan fingerprint density at radius 2 is 1.82 bits per heavy atom. The molecule has 1 saturated heterocycles. The van der Waals surface area contributed by atoms with Crippen molar-refractivity contribution in [2.45, 2.75) is 37.8 Å². The minimum atomic E-state index is -1.49. The van der Waals surface area contributed by atoms with Crippen LogP contribution < -0.4 is 0 Å². The highest BCUT2D eigenvalue weighted by Gasteiger charge is 2.43. The Labute approximate surface area is 193 Å². The molecular formula is C26H21F3N4O. The van der Waals surface area contributed by atoms with Crippen LogP contribution in [0.3, 0.4) is 0 Å². The number of carbonyl (C=O) groups excluding carboxylic acids is 1. The van der Waals surface area contributed by atoms with Gasteiger partial charge in [0.25, 0.3) is 5.91 Å². The normalized spacial score (nSPS) is 19.4. The first kappa shape index (κ1) is 20.9. The van der Waals surface area contributed by atoms with Gasteiger partial charge in [0.15, 0.2) is 17.5 Å². The first-order valence-corrected chi connectivity index (χ1v) is 11.3. The van der Waals surface area contributed by atoms with Gasteiger partial charge in [-0.25, -0.2) is 13.2 Å². The van der Waals surface area contributed by atoms with E-state index in [9.17, 15) is 18.0 Å². The molecule has 2 unspecified atom stereocenters. The van der Waals surface area contributed by atoms with E-state index in [4.69, 9.17) is 5.10 Å². The van der Waals surface area contributed by atoms with Crippen molar-refractivity contribution in [1.29, 1.82) is 0 Å². The molecule has 2 aromatic carbocycles. The highest BCUT2D eigenvalue weighted by molar-refractivity contribution is 6.06. The summed E-state index contributed by atoms with van der Waals surface area (Å²) < 4.78 is 43.2. The summed E-state index contributed by atoms with van der Waals surface area (Å²) in [5.41, 5.74) is 3.77. The molecule has 2 atom stereocenters. The summed E-state index contributed by atoms with van der Waals surface area (Å²) in [5, 5.41) is 5.49. The van der Waals surface area contributed by atoms with Crippen LogP contribution in [0.15, 0.2) is 48.7 Å². The van der Waals surface area contributed by atoms with Crippen LogP contribution in [-0.4, -0.2) is 31.6 Å². The summed E-state index contributed by atoms with van der Waals surface area (Å²) in [6.07, 6.45) is 4.70. The summed E-state index contributed by atoms with van der Waals surface area (Å²) in [6.45, 7) is 0. The molecule has 2 aromatic heterocycles. The van der Waals surface area contributed by atoms with Crippen molar-refractivity contribution < 1.29 is 18.0 Å². The molecule has 5 nitrogen and oxygen atoms in total. The van der Waals surface area contributed by atoms with Crippen molar-refractivity contribution in [1.82, 2.24) is 19.7 Å². The molecule has 2 bridgehead atoms. The standard InChI is InChI=1S/C26H21F3N4O/c1-32-25(14-11-19(27)23(29)20(28)12-14)18-13-15-5-4-8-22(24(18)31-32)33(15)26(34)17-9-10-30-21-7-3-2-6-16(17)21/h2-3,6-7,9-12,15,22H,4-5,8,13H2,1H3. The Hall–Kier alpha value is -3.68. The highest BCUT2D eigenvalue weighted by Crippen LogP contribution is 2.45. The smallest absolute Gasteiger partial charge is 0.255 e. The van der Waals surface area contributed by atoms with Gasteiger partial charge in [-0.05, 0) is 49.9 Å². The quantitative estimate of drug-likeness (QED) is 0.378. The third-order valence-electron chi connectivity index (χ3n) is 7.05. The van der Waals surface area contributed by atoms with Crippen molar-refractivity contribution in [3.63, 3.8) is 0 Å². The van der Waals surface area contributed by atoms with Crippen LogP contribution in [0.2, 0.25) is 0 Å². The SMILES string of the molecule is Cn1nc2c(c1-c1cc(F)c(F)c(F)c1)CC1CCCC2N1C(=O)c1ccnc2ccccc12. The average Bonchev–Trinajstić information content (AvgIpc) is 3.16. The molecule has 172 valence electrons. The van der Waals surface area contributed by atoms with Gasteiger partial charge in [0.2, 0.25) is 0 Å². The van der Waals surface area contributed by atoms with E-state index in [0.29, 0.717) is 17.7 Å². The number of pyridine rings is 1. The van der Waals surface area contributed by atoms with Gasteiger partial charge in [-0.2, -0.15) is 5.10 Å². The molecule has 4 heterocycles. The Morgan fingerprint density at radius 1 is 1.06 bits per heavy atom. The number of fused-ring (bicyclic) bond motifs is 5. The number of piperidine rings is 1. The van der Waals surface area contributed by atoms with Crippen molar-refractivity contribution >= 4 is 16.8 Å². The van der Waals surface area contributed by atoms with E-state index in [1.807, 2.05) is 29.2 Å². The van der Waals surface area contributed by atoms with Crippen LogP contribution in [0.1, 0.15) is 46.9 Å². The molecule has 0 spiro atoms. The molecule has 2 aliphatic heterocycles. The molecule has 1 amide bonds. The second-order valence-electron chi connectivity index (χ2n) is 8.98. The van der Waals surface area contributed by atoms with Crippen molar-refractivity contribution in [2.75, 3.05) is 0 Å². The van der Waals surface area contributed by atoms with E-state index in [-0.39, 0.29) is 23.6 Å². The summed E-state index contributed by atoms with van der Waals surface area (Å²) in [7, 11) is 1.71. The van der Waals surface area contributed by atoms with Gasteiger partial charge in [0, 0.05) is 35.8 Å². The Morgan fingerprint density at radius 3 is 2.62 bits per heavy atom. The molecule has 6 rings (SSSR count). The van der Waals surface area contributed by atoms with E-state index in [1.165, 1.54) is 0 Å². The summed E-state index contributed by atoms with van der Waals surface area (Å²) >= 11 is 0. The third-order valence-corrected chi connectivity index (χ3v) is 7.05. The topological polar surface area (TPSA) is 51.0 Å². The molecule has 0 radical (unpaired) electrons. The molecule has 0 aliphatic carbocycles. The zero-order valence-corrected chi connectivity index (χ0v) is 18.4. The zero-order chi connectivity index (χ0) is 23.6. The predicted molar refractivity (Wildman–Crippen MR) is 121 cm³/mol. The molecule has 4 aromatic rings. The lowest BCUT2D eigenvalue weighted by molar-refractivity contribution is 0.0394. The van der Waals surface area contributed by atoms with Crippen molar-refractivity contribution in [2.24, 2.45) is 7.05 Å². The van der Waals surface area contributed by atoms with Gasteiger partial charge < -0.3 is 4.90 Å². The van der Waals surface area contributed by atoms with Crippen molar-refractivity contribution in [3.05, 3.63) is 82.9 Å². The second kappa shape index (κ2) is 7.68. The van der Waals surface area contributed by atoms with E-state index < -0.39 is 17.5 Å². The highest BCUT2D eigenvalue weighted by atomic mass is 19.2. The summed E-state index contributed by atoms with van der Waals surface area (Å²) in [5.74, 6) is -4.02. The maximum atomic E-state index is 14.0. The maximum Gasteiger partial charge on any atom is 0.255 e.